The van der Waals surface area contributed by atoms with E-state index in [1.807, 2.05) is 22.8 Å². The molecule has 96 valence electrons. The van der Waals surface area contributed by atoms with Gasteiger partial charge < -0.3 is 0 Å². The molecule has 0 fully saturated rings. The SMILES string of the molecule is CC(C)(C)n1c(-c2cc(Cl)ccc2Br)n[nH]c1=S. The van der Waals surface area contributed by atoms with Crippen LogP contribution in [0, 0.1) is 4.77 Å². The van der Waals surface area contributed by atoms with Gasteiger partial charge in [-0.1, -0.05) is 27.5 Å². The van der Waals surface area contributed by atoms with Crippen LogP contribution in [0.5, 0.6) is 0 Å². The third-order valence-electron chi connectivity index (χ3n) is 2.51. The molecule has 0 amide bonds. The molecule has 6 heteroatoms. The molecule has 0 bridgehead atoms. The zero-order valence-electron chi connectivity index (χ0n) is 10.3. The van der Waals surface area contributed by atoms with Crippen molar-refractivity contribution in [3.63, 3.8) is 0 Å². The van der Waals surface area contributed by atoms with E-state index in [0.29, 0.717) is 9.79 Å². The van der Waals surface area contributed by atoms with E-state index in [9.17, 15) is 0 Å². The summed E-state index contributed by atoms with van der Waals surface area (Å²) >= 11 is 14.9. The van der Waals surface area contributed by atoms with Gasteiger partial charge >= 0.3 is 0 Å². The fourth-order valence-electron chi connectivity index (χ4n) is 1.77. The Balaban J connectivity index is 2.73. The van der Waals surface area contributed by atoms with Crippen molar-refractivity contribution < 1.29 is 0 Å². The second-order valence-corrected chi connectivity index (χ2v) is 6.66. The largest absolute Gasteiger partial charge is 0.295 e. The first-order valence-corrected chi connectivity index (χ1v) is 7.02. The summed E-state index contributed by atoms with van der Waals surface area (Å²) in [4.78, 5) is 0. The summed E-state index contributed by atoms with van der Waals surface area (Å²) in [7, 11) is 0. The van der Waals surface area contributed by atoms with E-state index in [4.69, 9.17) is 23.8 Å². The van der Waals surface area contributed by atoms with Crippen LogP contribution in [0.25, 0.3) is 11.4 Å². The highest BCUT2D eigenvalue weighted by Gasteiger charge is 2.21. The second kappa shape index (κ2) is 4.79. The topological polar surface area (TPSA) is 33.6 Å². The molecular formula is C12H13BrClN3S. The number of hydrogen-bond acceptors (Lipinski definition) is 2. The smallest absolute Gasteiger partial charge is 0.195 e. The highest BCUT2D eigenvalue weighted by atomic mass is 79.9. The molecule has 0 radical (unpaired) electrons. The Morgan fingerprint density at radius 3 is 2.67 bits per heavy atom. The zero-order chi connectivity index (χ0) is 13.5. The van der Waals surface area contributed by atoms with E-state index >= 15 is 0 Å². The van der Waals surface area contributed by atoms with E-state index in [0.717, 1.165) is 15.9 Å². The summed E-state index contributed by atoms with van der Waals surface area (Å²) < 4.78 is 3.52. The summed E-state index contributed by atoms with van der Waals surface area (Å²) in [6.45, 7) is 6.25. The average Bonchev–Trinajstić information content (AvgIpc) is 2.63. The Kier molecular flexibility index (Phi) is 3.67. The Bertz CT molecular complexity index is 640. The van der Waals surface area contributed by atoms with E-state index < -0.39 is 0 Å². The molecule has 0 aliphatic carbocycles. The van der Waals surface area contributed by atoms with Crippen molar-refractivity contribution in [3.05, 3.63) is 32.5 Å². The minimum absolute atomic E-state index is 0.152. The quantitative estimate of drug-likeness (QED) is 0.754. The standard InChI is InChI=1S/C12H13BrClN3S/c1-12(2,3)17-10(15-16-11(17)18)8-6-7(14)4-5-9(8)13/h4-6H,1-3H3,(H,16,18). The van der Waals surface area contributed by atoms with Crippen molar-refractivity contribution in [2.24, 2.45) is 0 Å². The molecule has 2 rings (SSSR count). The number of H-pyrrole nitrogens is 1. The van der Waals surface area contributed by atoms with E-state index in [1.54, 1.807) is 0 Å². The van der Waals surface area contributed by atoms with Crippen LogP contribution in [0.15, 0.2) is 22.7 Å². The van der Waals surface area contributed by atoms with Gasteiger partial charge in [0.2, 0.25) is 0 Å². The van der Waals surface area contributed by atoms with Crippen molar-refractivity contribution in [3.8, 4) is 11.4 Å². The molecule has 0 aliphatic rings. The van der Waals surface area contributed by atoms with Gasteiger partial charge in [0.1, 0.15) is 0 Å². The Labute approximate surface area is 124 Å². The van der Waals surface area contributed by atoms with Crippen LogP contribution in [-0.2, 0) is 5.54 Å². The lowest BCUT2D eigenvalue weighted by Gasteiger charge is -2.22. The minimum atomic E-state index is -0.152. The molecule has 2 aromatic rings. The molecule has 0 saturated carbocycles. The summed E-state index contributed by atoms with van der Waals surface area (Å²) in [5.41, 5.74) is 0.769. The van der Waals surface area contributed by atoms with Crippen LogP contribution in [0.2, 0.25) is 5.02 Å². The Hall–Kier alpha value is -0.650. The lowest BCUT2D eigenvalue weighted by Crippen LogP contribution is -2.23. The molecule has 0 atom stereocenters. The number of benzene rings is 1. The van der Waals surface area contributed by atoms with Gasteiger partial charge in [0.25, 0.3) is 0 Å². The van der Waals surface area contributed by atoms with E-state index in [-0.39, 0.29) is 5.54 Å². The average molecular weight is 347 g/mol. The number of hydrogen-bond donors (Lipinski definition) is 1. The third-order valence-corrected chi connectivity index (χ3v) is 3.71. The molecule has 0 spiro atoms. The summed E-state index contributed by atoms with van der Waals surface area (Å²) in [5.74, 6) is 0.780. The number of nitrogens with one attached hydrogen (secondary N) is 1. The first-order valence-electron chi connectivity index (χ1n) is 5.44. The lowest BCUT2D eigenvalue weighted by molar-refractivity contribution is 0.395. The molecule has 0 aliphatic heterocycles. The number of rotatable bonds is 1. The summed E-state index contributed by atoms with van der Waals surface area (Å²) in [6.07, 6.45) is 0. The number of nitrogens with zero attached hydrogens (tertiary/aromatic N) is 2. The summed E-state index contributed by atoms with van der Waals surface area (Å²) in [6, 6.07) is 5.61. The fraction of sp³-hybridized carbons (Fsp3) is 0.333. The van der Waals surface area contributed by atoms with Crippen molar-refractivity contribution >= 4 is 39.7 Å². The molecular weight excluding hydrogens is 334 g/mol. The highest BCUT2D eigenvalue weighted by molar-refractivity contribution is 9.10. The van der Waals surface area contributed by atoms with Crippen molar-refractivity contribution in [2.45, 2.75) is 26.3 Å². The molecule has 1 heterocycles. The van der Waals surface area contributed by atoms with Gasteiger partial charge in [-0.15, -0.1) is 0 Å². The van der Waals surface area contributed by atoms with Crippen molar-refractivity contribution in [1.82, 2.24) is 14.8 Å². The normalized spacial score (nSPS) is 11.8. The third kappa shape index (κ3) is 2.53. The van der Waals surface area contributed by atoms with Crippen molar-refractivity contribution in [1.29, 1.82) is 0 Å². The van der Waals surface area contributed by atoms with Crippen LogP contribution in [0.4, 0.5) is 0 Å². The van der Waals surface area contributed by atoms with Crippen LogP contribution in [-0.4, -0.2) is 14.8 Å². The lowest BCUT2D eigenvalue weighted by atomic mass is 10.1. The zero-order valence-corrected chi connectivity index (χ0v) is 13.4. The van der Waals surface area contributed by atoms with Gasteiger partial charge in [-0.05, 0) is 51.2 Å². The van der Waals surface area contributed by atoms with E-state index in [1.165, 1.54) is 0 Å². The first kappa shape index (κ1) is 13.8. The molecule has 1 N–H and O–H groups in total. The van der Waals surface area contributed by atoms with Crippen LogP contribution < -0.4 is 0 Å². The van der Waals surface area contributed by atoms with Gasteiger partial charge in [-0.25, -0.2) is 0 Å². The molecule has 3 nitrogen and oxygen atoms in total. The van der Waals surface area contributed by atoms with Crippen molar-refractivity contribution in [2.75, 3.05) is 0 Å². The number of aromatic nitrogens is 3. The maximum atomic E-state index is 6.05. The molecule has 18 heavy (non-hydrogen) atoms. The van der Waals surface area contributed by atoms with Gasteiger partial charge in [-0.2, -0.15) is 5.10 Å². The first-order chi connectivity index (χ1) is 8.30. The number of aromatic amines is 1. The van der Waals surface area contributed by atoms with Crippen LogP contribution in [0.3, 0.4) is 0 Å². The minimum Gasteiger partial charge on any atom is -0.295 e. The fourth-order valence-corrected chi connectivity index (χ4v) is 2.77. The molecule has 1 aromatic carbocycles. The second-order valence-electron chi connectivity index (χ2n) is 4.98. The highest BCUT2D eigenvalue weighted by Crippen LogP contribution is 2.32. The Morgan fingerprint density at radius 2 is 2.06 bits per heavy atom. The van der Waals surface area contributed by atoms with Gasteiger partial charge in [0, 0.05) is 20.6 Å². The van der Waals surface area contributed by atoms with Gasteiger partial charge in [-0.3, -0.25) is 9.67 Å². The summed E-state index contributed by atoms with van der Waals surface area (Å²) in [5, 5.41) is 7.82. The molecule has 1 aromatic heterocycles. The van der Waals surface area contributed by atoms with Gasteiger partial charge in [0.05, 0.1) is 0 Å². The monoisotopic (exact) mass is 345 g/mol. The number of halogens is 2. The predicted octanol–water partition coefficient (Wildman–Crippen LogP) is 4.78. The van der Waals surface area contributed by atoms with Crippen LogP contribution >= 0.6 is 39.7 Å². The molecule has 0 unspecified atom stereocenters. The Morgan fingerprint density at radius 1 is 1.39 bits per heavy atom. The maximum Gasteiger partial charge on any atom is 0.195 e. The van der Waals surface area contributed by atoms with Gasteiger partial charge in [0.15, 0.2) is 10.6 Å². The van der Waals surface area contributed by atoms with E-state index in [2.05, 4.69) is 46.9 Å². The maximum absolute atomic E-state index is 6.05. The van der Waals surface area contributed by atoms with Crippen LogP contribution in [0.1, 0.15) is 20.8 Å². The predicted molar refractivity (Wildman–Crippen MR) is 80.6 cm³/mol. The molecule has 0 saturated heterocycles.